The maximum atomic E-state index is 4.85. The Kier molecular flexibility index (Phi) is 13.7. The molecular formula is C92H60N10. The van der Waals surface area contributed by atoms with Gasteiger partial charge in [0.25, 0.3) is 0 Å². The molecule has 22 aromatic rings. The summed E-state index contributed by atoms with van der Waals surface area (Å²) in [6.45, 7) is 0. The first-order valence-corrected chi connectivity index (χ1v) is 34.4. The van der Waals surface area contributed by atoms with Gasteiger partial charge in [0.1, 0.15) is 0 Å². The number of hydrogen-bond acceptors (Lipinski definition) is 4. The Labute approximate surface area is 584 Å². The smallest absolute Gasteiger partial charge is 0.0923 e. The summed E-state index contributed by atoms with van der Waals surface area (Å²) in [5.41, 5.74) is 26.2. The van der Waals surface area contributed by atoms with Gasteiger partial charge in [0.2, 0.25) is 0 Å². The van der Waals surface area contributed by atoms with Crippen LogP contribution in [0.15, 0.2) is 365 Å². The largest absolute Gasteiger partial charge is 0.309 e. The van der Waals surface area contributed by atoms with Crippen molar-refractivity contribution in [2.75, 3.05) is 0 Å². The van der Waals surface area contributed by atoms with E-state index in [1.807, 2.05) is 46.0 Å². The Bertz CT molecular complexity index is 6520. The SMILES string of the molecule is c1ccc(-c2ccc3c(c2)c2cc(-c4ccccc4)ccc2n3-c2cnn3c2ccc2ccccc23)cc1.c1ccc2c(c1)ccc1c(-c3ccc(-n4c5ccccc5c5ccccc54)cc3)cnn12.c1ccc2c(c1)ccc1c(-c3ccc(-n4c5ccccc5c5ccccc54)cn3)cnn12. The summed E-state index contributed by atoms with van der Waals surface area (Å²) in [6, 6.07) is 120. The first-order valence-electron chi connectivity index (χ1n) is 34.4. The molecular weight excluding hydrogens is 1250 g/mol. The summed E-state index contributed by atoms with van der Waals surface area (Å²) in [5.74, 6) is 0. The van der Waals surface area contributed by atoms with Gasteiger partial charge in [0, 0.05) is 65.3 Å². The molecule has 22 rings (SSSR count). The number of para-hydroxylation sites is 7. The van der Waals surface area contributed by atoms with Crippen molar-refractivity contribution in [3.63, 3.8) is 0 Å². The Morgan fingerprint density at radius 3 is 1.02 bits per heavy atom. The lowest BCUT2D eigenvalue weighted by atomic mass is 10.0. The number of rotatable bonds is 7. The first-order chi connectivity index (χ1) is 50.6. The minimum Gasteiger partial charge on any atom is -0.309 e. The molecule has 10 heterocycles. The van der Waals surface area contributed by atoms with Crippen molar-refractivity contribution in [3.05, 3.63) is 365 Å². The molecule has 0 saturated heterocycles. The van der Waals surface area contributed by atoms with Crippen LogP contribution < -0.4 is 0 Å². The highest BCUT2D eigenvalue weighted by Crippen LogP contribution is 2.40. The Morgan fingerprint density at radius 2 is 0.549 bits per heavy atom. The van der Waals surface area contributed by atoms with E-state index in [0.717, 1.165) is 67.0 Å². The number of nitrogens with zero attached hydrogens (tertiary/aromatic N) is 10. The molecule has 0 N–H and O–H groups in total. The van der Waals surface area contributed by atoms with Crippen molar-refractivity contribution >= 4 is 115 Å². The zero-order valence-corrected chi connectivity index (χ0v) is 55.1. The molecule has 10 aromatic heterocycles. The van der Waals surface area contributed by atoms with Crippen LogP contribution in [0.3, 0.4) is 0 Å². The van der Waals surface area contributed by atoms with Crippen LogP contribution in [0.5, 0.6) is 0 Å². The second kappa shape index (κ2) is 23.9. The second-order valence-electron chi connectivity index (χ2n) is 25.9. The van der Waals surface area contributed by atoms with E-state index in [4.69, 9.17) is 10.1 Å². The van der Waals surface area contributed by atoms with Crippen LogP contribution in [0.2, 0.25) is 0 Å². The lowest BCUT2D eigenvalue weighted by molar-refractivity contribution is 1.00. The van der Waals surface area contributed by atoms with Crippen LogP contribution in [0.1, 0.15) is 0 Å². The topological polar surface area (TPSA) is 79.6 Å². The van der Waals surface area contributed by atoms with Gasteiger partial charge in [-0.05, 0) is 137 Å². The van der Waals surface area contributed by atoms with Gasteiger partial charge in [-0.2, -0.15) is 15.3 Å². The van der Waals surface area contributed by atoms with E-state index >= 15 is 0 Å². The molecule has 0 atom stereocenters. The third kappa shape index (κ3) is 9.57. The average molecular weight is 1310 g/mol. The maximum Gasteiger partial charge on any atom is 0.0923 e. The summed E-state index contributed by atoms with van der Waals surface area (Å²) in [5, 5.41) is 25.3. The van der Waals surface area contributed by atoms with E-state index in [9.17, 15) is 0 Å². The fourth-order valence-electron chi connectivity index (χ4n) is 15.5. The van der Waals surface area contributed by atoms with E-state index in [2.05, 4.69) is 356 Å². The van der Waals surface area contributed by atoms with E-state index in [0.29, 0.717) is 0 Å². The fraction of sp³-hybridized carbons (Fsp3) is 0. The third-order valence-corrected chi connectivity index (χ3v) is 20.3. The Balaban J connectivity index is 0.000000103. The molecule has 12 aromatic carbocycles. The summed E-state index contributed by atoms with van der Waals surface area (Å²) in [6.07, 6.45) is 7.83. The number of hydrogen-bond donors (Lipinski definition) is 0. The van der Waals surface area contributed by atoms with Crippen molar-refractivity contribution in [2.24, 2.45) is 0 Å². The van der Waals surface area contributed by atoms with Gasteiger partial charge in [-0.1, -0.05) is 231 Å². The molecule has 10 heteroatoms. The van der Waals surface area contributed by atoms with Gasteiger partial charge in [0.05, 0.1) is 108 Å². The molecule has 0 unspecified atom stereocenters. The van der Waals surface area contributed by atoms with Crippen LogP contribution >= 0.6 is 0 Å². The van der Waals surface area contributed by atoms with Gasteiger partial charge >= 0.3 is 0 Å². The van der Waals surface area contributed by atoms with Crippen molar-refractivity contribution in [2.45, 2.75) is 0 Å². The molecule has 0 radical (unpaired) electrons. The summed E-state index contributed by atoms with van der Waals surface area (Å²) in [7, 11) is 0. The maximum absolute atomic E-state index is 4.85. The predicted molar refractivity (Wildman–Crippen MR) is 421 cm³/mol. The summed E-state index contributed by atoms with van der Waals surface area (Å²) >= 11 is 0. The highest BCUT2D eigenvalue weighted by atomic mass is 15.2. The van der Waals surface area contributed by atoms with Gasteiger partial charge < -0.3 is 13.7 Å². The van der Waals surface area contributed by atoms with Gasteiger partial charge in [-0.15, -0.1) is 0 Å². The molecule has 0 fully saturated rings. The molecule has 0 saturated carbocycles. The van der Waals surface area contributed by atoms with Crippen LogP contribution in [0, 0.1) is 0 Å². The molecule has 0 aliphatic heterocycles. The lowest BCUT2D eigenvalue weighted by Gasteiger charge is -2.09. The molecule has 10 nitrogen and oxygen atoms in total. The minimum absolute atomic E-state index is 0.916. The van der Waals surface area contributed by atoms with Gasteiger partial charge in [-0.3, -0.25) is 4.98 Å². The molecule has 478 valence electrons. The first kappa shape index (κ1) is 58.2. The van der Waals surface area contributed by atoms with Gasteiger partial charge in [-0.25, -0.2) is 13.5 Å². The van der Waals surface area contributed by atoms with Crippen molar-refractivity contribution in [1.29, 1.82) is 0 Å². The van der Waals surface area contributed by atoms with E-state index in [-0.39, 0.29) is 0 Å². The van der Waals surface area contributed by atoms with E-state index in [1.54, 1.807) is 0 Å². The van der Waals surface area contributed by atoms with Gasteiger partial charge in [0.15, 0.2) is 0 Å². The fourth-order valence-corrected chi connectivity index (χ4v) is 15.5. The zero-order chi connectivity index (χ0) is 67.2. The highest BCUT2D eigenvalue weighted by Gasteiger charge is 2.20. The predicted octanol–water partition coefficient (Wildman–Crippen LogP) is 22.8. The van der Waals surface area contributed by atoms with Crippen molar-refractivity contribution < 1.29 is 0 Å². The molecule has 0 bridgehead atoms. The normalized spacial score (nSPS) is 11.7. The molecule has 102 heavy (non-hydrogen) atoms. The summed E-state index contributed by atoms with van der Waals surface area (Å²) < 4.78 is 13.1. The summed E-state index contributed by atoms with van der Waals surface area (Å²) in [4.78, 5) is 4.85. The second-order valence-corrected chi connectivity index (χ2v) is 25.9. The Hall–Kier alpha value is -14.0. The minimum atomic E-state index is 0.916. The monoisotopic (exact) mass is 1300 g/mol. The van der Waals surface area contributed by atoms with Crippen LogP contribution in [0.4, 0.5) is 0 Å². The van der Waals surface area contributed by atoms with Crippen molar-refractivity contribution in [3.8, 4) is 61.7 Å². The molecule has 0 aliphatic rings. The van der Waals surface area contributed by atoms with Crippen LogP contribution in [-0.4, -0.2) is 47.5 Å². The standard InChI is InChI=1S/C35H23N3.C29H19N3.C28H18N4/c1-3-9-24(10-4-1)27-16-18-32-29(21-27)30-22-28(25-11-5-2-6-12-25)17-19-33(30)37(32)35-23-36-38-31-14-8-7-13-26(31)15-20-34(35)38;1-4-10-26-21(7-1)15-18-29-25(19-30-32(26)29)20-13-16-22(17-14-20)31-27-11-5-2-8-23(27)24-9-3-6-12-28(24)31;1-4-10-25-19(7-1)13-16-28-23(18-30-32(25)28)24-15-14-20(17-29-24)31-26-11-5-2-8-21(26)22-9-3-6-12-27(22)31/h1-23H;1-19H;1-18H. The number of fused-ring (bicyclic) bond motifs is 18. The van der Waals surface area contributed by atoms with E-state index < -0.39 is 0 Å². The zero-order valence-electron chi connectivity index (χ0n) is 55.1. The lowest BCUT2D eigenvalue weighted by Crippen LogP contribution is -1.95. The molecule has 0 amide bonds. The quantitative estimate of drug-likeness (QED) is 0.159. The van der Waals surface area contributed by atoms with Crippen molar-refractivity contribution in [1.82, 2.24) is 47.5 Å². The number of benzene rings is 12. The van der Waals surface area contributed by atoms with Crippen LogP contribution in [-0.2, 0) is 0 Å². The Morgan fingerprint density at radius 1 is 0.196 bits per heavy atom. The molecule has 0 spiro atoms. The van der Waals surface area contributed by atoms with E-state index in [1.165, 1.54) is 109 Å². The third-order valence-electron chi connectivity index (χ3n) is 20.3. The number of aromatic nitrogens is 10. The van der Waals surface area contributed by atoms with Crippen LogP contribution in [0.25, 0.3) is 176 Å². The number of pyridine rings is 4. The average Bonchev–Trinajstić information content (AvgIpc) is 1.58. The highest BCUT2D eigenvalue weighted by molar-refractivity contribution is 6.13. The molecule has 0 aliphatic carbocycles.